The Morgan fingerprint density at radius 2 is 2.05 bits per heavy atom. The molecule has 2 heteroatoms. The molecule has 1 aromatic rings. The van der Waals surface area contributed by atoms with E-state index in [9.17, 15) is 0 Å². The minimum absolute atomic E-state index is 0.253. The first kappa shape index (κ1) is 15.5. The maximum Gasteiger partial charge on any atom is 0.0576 e. The van der Waals surface area contributed by atoms with Gasteiger partial charge in [-0.2, -0.15) is 0 Å². The van der Waals surface area contributed by atoms with Crippen LogP contribution in [0.25, 0.3) is 0 Å². The zero-order chi connectivity index (χ0) is 14.3. The van der Waals surface area contributed by atoms with Gasteiger partial charge < -0.3 is 10.1 Å². The van der Waals surface area contributed by atoms with Crippen LogP contribution in [0.4, 0.5) is 0 Å². The average Bonchev–Trinajstić information content (AvgIpc) is 3.02. The largest absolute Gasteiger partial charge is 0.378 e. The molecule has 2 nitrogen and oxygen atoms in total. The summed E-state index contributed by atoms with van der Waals surface area (Å²) < 4.78 is 5.81. The Labute approximate surface area is 123 Å². The number of hydrogen-bond acceptors (Lipinski definition) is 2. The number of benzene rings is 1. The average molecular weight is 275 g/mol. The lowest BCUT2D eigenvalue weighted by Gasteiger charge is -2.35. The second-order valence-corrected chi connectivity index (χ2v) is 5.95. The van der Waals surface area contributed by atoms with Crippen molar-refractivity contribution in [2.24, 2.45) is 0 Å². The predicted octanol–water partition coefficient (Wildman–Crippen LogP) is 3.90. The van der Waals surface area contributed by atoms with Gasteiger partial charge in [0.15, 0.2) is 0 Å². The maximum absolute atomic E-state index is 5.81. The second-order valence-electron chi connectivity index (χ2n) is 5.95. The zero-order valence-electron chi connectivity index (χ0n) is 13.0. The predicted molar refractivity (Wildman–Crippen MR) is 85.2 cm³/mol. The Morgan fingerprint density at radius 1 is 1.25 bits per heavy atom. The number of hydrogen-bond donors (Lipinski definition) is 1. The van der Waals surface area contributed by atoms with Gasteiger partial charge in [0.05, 0.1) is 6.10 Å². The van der Waals surface area contributed by atoms with E-state index in [2.05, 4.69) is 49.5 Å². The van der Waals surface area contributed by atoms with Crippen molar-refractivity contribution in [2.75, 3.05) is 19.7 Å². The summed E-state index contributed by atoms with van der Waals surface area (Å²) in [7, 11) is 0. The first-order valence-electron chi connectivity index (χ1n) is 8.18. The lowest BCUT2D eigenvalue weighted by atomic mass is 9.73. The van der Waals surface area contributed by atoms with E-state index in [1.807, 2.05) is 0 Å². The molecule has 1 N–H and O–H groups in total. The van der Waals surface area contributed by atoms with Crippen molar-refractivity contribution in [1.82, 2.24) is 5.32 Å². The van der Waals surface area contributed by atoms with Crippen molar-refractivity contribution in [3.8, 4) is 0 Å². The Bertz CT molecular complexity index is 372. The molecule has 0 amide bonds. The molecule has 1 saturated heterocycles. The standard InChI is InChI=1S/C18H29NO/c1-3-18(15-19-4-2,16-9-6-5-7-10-16)13-12-17-11-8-14-20-17/h5-7,9-10,17,19H,3-4,8,11-15H2,1-2H3. The van der Waals surface area contributed by atoms with E-state index in [1.165, 1.54) is 37.7 Å². The lowest BCUT2D eigenvalue weighted by molar-refractivity contribution is 0.0948. The highest BCUT2D eigenvalue weighted by molar-refractivity contribution is 5.26. The molecule has 0 radical (unpaired) electrons. The number of likely N-dealkylation sites (N-methyl/N-ethyl adjacent to an activating group) is 1. The summed E-state index contributed by atoms with van der Waals surface area (Å²) in [6.45, 7) is 7.57. The Morgan fingerprint density at radius 3 is 2.65 bits per heavy atom. The summed E-state index contributed by atoms with van der Waals surface area (Å²) in [6, 6.07) is 11.0. The second kappa shape index (κ2) is 7.80. The third kappa shape index (κ3) is 3.83. The van der Waals surface area contributed by atoms with Gasteiger partial charge in [-0.3, -0.25) is 0 Å². The monoisotopic (exact) mass is 275 g/mol. The van der Waals surface area contributed by atoms with Gasteiger partial charge >= 0.3 is 0 Å². The van der Waals surface area contributed by atoms with Crippen LogP contribution in [-0.2, 0) is 10.2 Å². The zero-order valence-corrected chi connectivity index (χ0v) is 13.0. The van der Waals surface area contributed by atoms with Crippen molar-refractivity contribution in [3.63, 3.8) is 0 Å². The van der Waals surface area contributed by atoms with Crippen LogP contribution in [0.15, 0.2) is 30.3 Å². The molecule has 1 fully saturated rings. The lowest BCUT2D eigenvalue weighted by Crippen LogP contribution is -2.38. The third-order valence-electron chi connectivity index (χ3n) is 4.75. The first-order chi connectivity index (χ1) is 9.80. The number of rotatable bonds is 8. The summed E-state index contributed by atoms with van der Waals surface area (Å²) >= 11 is 0. The van der Waals surface area contributed by atoms with Gasteiger partial charge in [0.2, 0.25) is 0 Å². The molecule has 2 unspecified atom stereocenters. The fourth-order valence-corrected chi connectivity index (χ4v) is 3.31. The maximum atomic E-state index is 5.81. The van der Waals surface area contributed by atoms with Crippen molar-refractivity contribution in [3.05, 3.63) is 35.9 Å². The van der Waals surface area contributed by atoms with Gasteiger partial charge in [0.1, 0.15) is 0 Å². The van der Waals surface area contributed by atoms with Crippen LogP contribution in [0.5, 0.6) is 0 Å². The normalized spacial score (nSPS) is 21.8. The smallest absolute Gasteiger partial charge is 0.0576 e. The van der Waals surface area contributed by atoms with Crippen LogP contribution in [0.3, 0.4) is 0 Å². The molecule has 0 aliphatic carbocycles. The molecule has 0 spiro atoms. The summed E-state index contributed by atoms with van der Waals surface area (Å²) in [6.07, 6.45) is 6.56. The van der Waals surface area contributed by atoms with E-state index in [1.54, 1.807) is 0 Å². The molecule has 1 heterocycles. The third-order valence-corrected chi connectivity index (χ3v) is 4.75. The molecule has 112 valence electrons. The molecule has 0 aromatic heterocycles. The summed E-state index contributed by atoms with van der Waals surface area (Å²) in [5.74, 6) is 0. The van der Waals surface area contributed by atoms with E-state index >= 15 is 0 Å². The molecule has 2 rings (SSSR count). The SMILES string of the molecule is CCNCC(CC)(CCC1CCCO1)c1ccccc1. The van der Waals surface area contributed by atoms with Crippen LogP contribution in [0.1, 0.15) is 51.5 Å². The van der Waals surface area contributed by atoms with E-state index in [0.717, 1.165) is 19.7 Å². The molecular weight excluding hydrogens is 246 g/mol. The Balaban J connectivity index is 2.08. The molecule has 20 heavy (non-hydrogen) atoms. The summed E-state index contributed by atoms with van der Waals surface area (Å²) in [5, 5.41) is 3.57. The fraction of sp³-hybridized carbons (Fsp3) is 0.667. The van der Waals surface area contributed by atoms with E-state index < -0.39 is 0 Å². The Hall–Kier alpha value is -0.860. The topological polar surface area (TPSA) is 21.3 Å². The van der Waals surface area contributed by atoms with Crippen LogP contribution in [0, 0.1) is 0 Å². The van der Waals surface area contributed by atoms with Gasteiger partial charge in [-0.1, -0.05) is 44.2 Å². The fourth-order valence-electron chi connectivity index (χ4n) is 3.31. The number of nitrogens with one attached hydrogen (secondary N) is 1. The van der Waals surface area contributed by atoms with Crippen LogP contribution >= 0.6 is 0 Å². The van der Waals surface area contributed by atoms with Crippen molar-refractivity contribution < 1.29 is 4.74 Å². The highest BCUT2D eigenvalue weighted by Crippen LogP contribution is 2.34. The summed E-state index contributed by atoms with van der Waals surface area (Å²) in [5.41, 5.74) is 1.73. The van der Waals surface area contributed by atoms with Crippen LogP contribution < -0.4 is 5.32 Å². The van der Waals surface area contributed by atoms with Crippen LogP contribution in [-0.4, -0.2) is 25.8 Å². The molecule has 0 bridgehead atoms. The van der Waals surface area contributed by atoms with Gasteiger partial charge in [-0.25, -0.2) is 0 Å². The summed E-state index contributed by atoms with van der Waals surface area (Å²) in [4.78, 5) is 0. The van der Waals surface area contributed by atoms with Gasteiger partial charge in [0, 0.05) is 18.6 Å². The van der Waals surface area contributed by atoms with E-state index in [-0.39, 0.29) is 5.41 Å². The molecule has 1 aliphatic heterocycles. The molecule has 1 aliphatic rings. The Kier molecular flexibility index (Phi) is 6.06. The van der Waals surface area contributed by atoms with Gasteiger partial charge in [0.25, 0.3) is 0 Å². The van der Waals surface area contributed by atoms with Gasteiger partial charge in [-0.15, -0.1) is 0 Å². The van der Waals surface area contributed by atoms with Gasteiger partial charge in [-0.05, 0) is 44.2 Å². The molecule has 2 atom stereocenters. The van der Waals surface area contributed by atoms with Crippen molar-refractivity contribution in [1.29, 1.82) is 0 Å². The number of ether oxygens (including phenoxy) is 1. The quantitative estimate of drug-likeness (QED) is 0.777. The first-order valence-corrected chi connectivity index (χ1v) is 8.18. The van der Waals surface area contributed by atoms with E-state index in [4.69, 9.17) is 4.74 Å². The highest BCUT2D eigenvalue weighted by atomic mass is 16.5. The minimum atomic E-state index is 0.253. The van der Waals surface area contributed by atoms with Crippen LogP contribution in [0.2, 0.25) is 0 Å². The highest BCUT2D eigenvalue weighted by Gasteiger charge is 2.31. The minimum Gasteiger partial charge on any atom is -0.378 e. The molecule has 0 saturated carbocycles. The van der Waals surface area contributed by atoms with Crippen molar-refractivity contribution in [2.45, 2.75) is 57.5 Å². The molecule has 1 aromatic carbocycles. The van der Waals surface area contributed by atoms with Crippen molar-refractivity contribution >= 4 is 0 Å². The molecular formula is C18H29NO. The van der Waals surface area contributed by atoms with E-state index in [0.29, 0.717) is 6.10 Å².